The van der Waals surface area contributed by atoms with Crippen LogP contribution in [-0.2, 0) is 19.7 Å². The van der Waals surface area contributed by atoms with Crippen LogP contribution in [0.25, 0.3) is 5.69 Å². The molecule has 34 heavy (non-hydrogen) atoms. The van der Waals surface area contributed by atoms with Crippen molar-refractivity contribution in [3.05, 3.63) is 83.0 Å². The van der Waals surface area contributed by atoms with E-state index in [9.17, 15) is 14.9 Å². The Bertz CT molecular complexity index is 1410. The van der Waals surface area contributed by atoms with Gasteiger partial charge in [0.2, 0.25) is 11.8 Å². The van der Waals surface area contributed by atoms with Crippen LogP contribution in [0.5, 0.6) is 11.5 Å². The predicted octanol–water partition coefficient (Wildman–Crippen LogP) is 2.72. The van der Waals surface area contributed by atoms with Crippen LogP contribution >= 0.6 is 0 Å². The average molecular weight is 456 g/mol. The monoisotopic (exact) mass is 456 g/mol. The molecular formula is C25H20N4O5. The van der Waals surface area contributed by atoms with Crippen LogP contribution in [0.3, 0.4) is 0 Å². The van der Waals surface area contributed by atoms with Crippen molar-refractivity contribution in [3.63, 3.8) is 0 Å². The zero-order valence-corrected chi connectivity index (χ0v) is 18.4. The van der Waals surface area contributed by atoms with Gasteiger partial charge < -0.3 is 29.8 Å². The minimum Gasteiger partial charge on any atom is -0.497 e. The van der Waals surface area contributed by atoms with Crippen LogP contribution in [0.1, 0.15) is 23.7 Å². The largest absolute Gasteiger partial charge is 0.497 e. The number of para-hydroxylation sites is 1. The number of fused-ring (bicyclic) bond motifs is 4. The average Bonchev–Trinajstić information content (AvgIpc) is 3.35. The Morgan fingerprint density at radius 3 is 2.65 bits per heavy atom. The lowest BCUT2D eigenvalue weighted by atomic mass is 9.70. The summed E-state index contributed by atoms with van der Waals surface area (Å²) >= 11 is 0. The predicted molar refractivity (Wildman–Crippen MR) is 121 cm³/mol. The molecule has 1 aromatic heterocycles. The number of aromatic nitrogens is 1. The molecule has 2 aliphatic rings. The van der Waals surface area contributed by atoms with E-state index in [1.165, 1.54) is 0 Å². The van der Waals surface area contributed by atoms with Crippen LogP contribution in [-0.4, -0.2) is 30.2 Å². The summed E-state index contributed by atoms with van der Waals surface area (Å²) in [6.07, 6.45) is 1.56. The second-order valence-electron chi connectivity index (χ2n) is 7.71. The van der Waals surface area contributed by atoms with Gasteiger partial charge in [0, 0.05) is 23.1 Å². The van der Waals surface area contributed by atoms with Gasteiger partial charge in [0.1, 0.15) is 23.0 Å². The number of hydrogen-bond donors (Lipinski definition) is 2. The summed E-state index contributed by atoms with van der Waals surface area (Å²) in [5.74, 6) is -0.825. The number of nitriles is 1. The molecule has 3 N–H and O–H groups in total. The number of nitrogens with two attached hydrogens (primary N) is 1. The summed E-state index contributed by atoms with van der Waals surface area (Å²) in [6.45, 7) is 1.73. The third kappa shape index (κ3) is 2.72. The maximum absolute atomic E-state index is 13.8. The SMILES string of the molecule is CCOC(=O)C1=C(N)Oc2c(C#N)cn(-c3ccc(OC)cc3)c2C12C(=O)Nc1ccccc12. The summed E-state index contributed by atoms with van der Waals surface area (Å²) in [5.41, 5.74) is 6.52. The molecule has 3 aromatic rings. The van der Waals surface area contributed by atoms with Crippen molar-refractivity contribution in [2.45, 2.75) is 12.3 Å². The molecule has 9 nitrogen and oxygen atoms in total. The van der Waals surface area contributed by atoms with E-state index in [4.69, 9.17) is 19.9 Å². The molecule has 1 unspecified atom stereocenters. The molecule has 0 radical (unpaired) electrons. The molecule has 0 bridgehead atoms. The summed E-state index contributed by atoms with van der Waals surface area (Å²) in [5, 5.41) is 12.7. The molecule has 170 valence electrons. The van der Waals surface area contributed by atoms with Gasteiger partial charge in [-0.15, -0.1) is 0 Å². The molecule has 9 heteroatoms. The molecule has 1 amide bonds. The molecule has 0 saturated carbocycles. The summed E-state index contributed by atoms with van der Waals surface area (Å²) in [7, 11) is 1.56. The first-order chi connectivity index (χ1) is 16.5. The van der Waals surface area contributed by atoms with E-state index in [0.717, 1.165) is 0 Å². The van der Waals surface area contributed by atoms with E-state index in [1.54, 1.807) is 73.3 Å². The highest BCUT2D eigenvalue weighted by Crippen LogP contribution is 2.55. The summed E-state index contributed by atoms with van der Waals surface area (Å²) in [6, 6.07) is 16.2. The first-order valence-corrected chi connectivity index (χ1v) is 10.5. The number of benzene rings is 2. The lowest BCUT2D eigenvalue weighted by Gasteiger charge is -2.35. The Balaban J connectivity index is 1.90. The molecule has 1 spiro atoms. The first kappa shape index (κ1) is 21.2. The fourth-order valence-electron chi connectivity index (χ4n) is 4.63. The Morgan fingerprint density at radius 1 is 1.24 bits per heavy atom. The molecule has 1 atom stereocenters. The van der Waals surface area contributed by atoms with E-state index in [1.807, 2.05) is 0 Å². The lowest BCUT2D eigenvalue weighted by Crippen LogP contribution is -2.47. The molecular weight excluding hydrogens is 436 g/mol. The third-order valence-corrected chi connectivity index (χ3v) is 6.02. The van der Waals surface area contributed by atoms with E-state index in [2.05, 4.69) is 11.4 Å². The van der Waals surface area contributed by atoms with Crippen molar-refractivity contribution in [2.75, 3.05) is 19.0 Å². The quantitative estimate of drug-likeness (QED) is 0.578. The molecule has 2 aliphatic heterocycles. The summed E-state index contributed by atoms with van der Waals surface area (Å²) < 4.78 is 18.1. The molecule has 5 rings (SSSR count). The highest BCUT2D eigenvalue weighted by molar-refractivity contribution is 6.17. The number of anilines is 1. The van der Waals surface area contributed by atoms with Crippen molar-refractivity contribution in [1.82, 2.24) is 4.57 Å². The van der Waals surface area contributed by atoms with Gasteiger partial charge in [-0.2, -0.15) is 5.26 Å². The number of methoxy groups -OCH3 is 1. The number of esters is 1. The number of amides is 1. The van der Waals surface area contributed by atoms with Crippen LogP contribution in [0.15, 0.2) is 66.2 Å². The van der Waals surface area contributed by atoms with Gasteiger partial charge in [0.25, 0.3) is 0 Å². The second-order valence-corrected chi connectivity index (χ2v) is 7.71. The zero-order valence-electron chi connectivity index (χ0n) is 18.4. The lowest BCUT2D eigenvalue weighted by molar-refractivity contribution is -0.140. The van der Waals surface area contributed by atoms with Crippen molar-refractivity contribution in [1.29, 1.82) is 5.26 Å². The Morgan fingerprint density at radius 2 is 1.97 bits per heavy atom. The van der Waals surface area contributed by atoms with E-state index in [-0.39, 0.29) is 35.1 Å². The Hall–Kier alpha value is -4.71. The van der Waals surface area contributed by atoms with Crippen molar-refractivity contribution < 1.29 is 23.8 Å². The number of ether oxygens (including phenoxy) is 3. The highest BCUT2D eigenvalue weighted by atomic mass is 16.5. The minimum absolute atomic E-state index is 0.0742. The number of carbonyl (C=O) groups excluding carboxylic acids is 2. The maximum atomic E-state index is 13.8. The standard InChI is InChI=1S/C25H20N4O5/c1-3-33-23(30)19-22(27)34-20-14(12-26)13-29(15-8-10-16(32-2)11-9-15)21(20)25(19)17-6-4-5-7-18(17)28-24(25)31/h4-11,13H,3,27H2,1-2H3,(H,28,31). The van der Waals surface area contributed by atoms with Gasteiger partial charge in [-0.05, 0) is 37.3 Å². The van der Waals surface area contributed by atoms with Crippen LogP contribution in [0.4, 0.5) is 5.69 Å². The van der Waals surface area contributed by atoms with Crippen molar-refractivity contribution >= 4 is 17.6 Å². The maximum Gasteiger partial charge on any atom is 0.341 e. The molecule has 0 aliphatic carbocycles. The van der Waals surface area contributed by atoms with E-state index < -0.39 is 17.3 Å². The van der Waals surface area contributed by atoms with Crippen LogP contribution in [0, 0.1) is 11.3 Å². The number of hydrogen-bond acceptors (Lipinski definition) is 7. The number of rotatable bonds is 4. The first-order valence-electron chi connectivity index (χ1n) is 10.5. The van der Waals surface area contributed by atoms with Gasteiger partial charge in [-0.3, -0.25) is 4.79 Å². The van der Waals surface area contributed by atoms with Gasteiger partial charge in [0.15, 0.2) is 11.2 Å². The minimum atomic E-state index is -1.70. The number of carbonyl (C=O) groups is 2. The van der Waals surface area contributed by atoms with Crippen molar-refractivity contribution in [2.24, 2.45) is 5.73 Å². The normalized spacial score (nSPS) is 18.0. The molecule has 0 fully saturated rings. The fourth-order valence-corrected chi connectivity index (χ4v) is 4.63. The third-order valence-electron chi connectivity index (χ3n) is 6.02. The number of nitrogens with zero attached hydrogens (tertiary/aromatic N) is 2. The smallest absolute Gasteiger partial charge is 0.341 e. The van der Waals surface area contributed by atoms with Crippen molar-refractivity contribution in [3.8, 4) is 23.3 Å². The zero-order chi connectivity index (χ0) is 24.0. The van der Waals surface area contributed by atoms with E-state index >= 15 is 0 Å². The van der Waals surface area contributed by atoms with Crippen LogP contribution in [0.2, 0.25) is 0 Å². The fraction of sp³-hybridized carbons (Fsp3) is 0.160. The van der Waals surface area contributed by atoms with Crippen LogP contribution < -0.4 is 20.5 Å². The summed E-state index contributed by atoms with van der Waals surface area (Å²) in [4.78, 5) is 27.1. The van der Waals surface area contributed by atoms with Gasteiger partial charge in [-0.1, -0.05) is 18.2 Å². The second kappa shape index (κ2) is 7.71. The number of nitrogens with one attached hydrogen (secondary N) is 1. The van der Waals surface area contributed by atoms with E-state index in [0.29, 0.717) is 22.7 Å². The molecule has 0 saturated heterocycles. The van der Waals surface area contributed by atoms with Gasteiger partial charge >= 0.3 is 5.97 Å². The van der Waals surface area contributed by atoms with Gasteiger partial charge in [0.05, 0.1) is 19.4 Å². The molecule has 2 aromatic carbocycles. The highest BCUT2D eigenvalue weighted by Gasteiger charge is 2.61. The topological polar surface area (TPSA) is 129 Å². The van der Waals surface area contributed by atoms with Gasteiger partial charge in [-0.25, -0.2) is 4.79 Å². The Kier molecular flexibility index (Phi) is 4.79. The molecule has 3 heterocycles. The Labute approximate surface area is 194 Å².